The van der Waals surface area contributed by atoms with E-state index in [2.05, 4.69) is 31.2 Å². The second-order valence-electron chi connectivity index (χ2n) is 7.36. The monoisotopic (exact) mass is 321 g/mol. The lowest BCUT2D eigenvalue weighted by atomic mass is 9.88. The van der Waals surface area contributed by atoms with Gasteiger partial charge in [0.2, 0.25) is 5.91 Å². The molecule has 1 aromatic rings. The van der Waals surface area contributed by atoms with Gasteiger partial charge >= 0.3 is 0 Å². The van der Waals surface area contributed by atoms with Crippen LogP contribution in [-0.2, 0) is 11.3 Å². The van der Waals surface area contributed by atoms with Crippen LogP contribution in [0.15, 0.2) is 5.38 Å². The highest BCUT2D eigenvalue weighted by atomic mass is 32.1. The van der Waals surface area contributed by atoms with Gasteiger partial charge in [-0.1, -0.05) is 13.8 Å². The van der Waals surface area contributed by atoms with E-state index in [4.69, 9.17) is 4.98 Å². The highest BCUT2D eigenvalue weighted by molar-refractivity contribution is 7.09. The fourth-order valence-electron chi connectivity index (χ4n) is 3.85. The maximum absolute atomic E-state index is 11.9. The molecule has 22 heavy (non-hydrogen) atoms. The first-order valence-electron chi connectivity index (χ1n) is 8.32. The van der Waals surface area contributed by atoms with Crippen molar-refractivity contribution in [2.45, 2.75) is 51.6 Å². The molecule has 2 heterocycles. The third-order valence-corrected chi connectivity index (χ3v) is 6.21. The lowest BCUT2D eigenvalue weighted by Crippen LogP contribution is -2.39. The van der Waals surface area contributed by atoms with Crippen molar-refractivity contribution in [1.29, 1.82) is 0 Å². The van der Waals surface area contributed by atoms with Gasteiger partial charge in [-0.05, 0) is 37.6 Å². The highest BCUT2D eigenvalue weighted by Gasteiger charge is 2.41. The summed E-state index contributed by atoms with van der Waals surface area (Å²) in [6.45, 7) is 6.27. The molecule has 1 saturated heterocycles. The summed E-state index contributed by atoms with van der Waals surface area (Å²) in [5, 5.41) is 3.41. The van der Waals surface area contributed by atoms with Crippen LogP contribution in [-0.4, -0.2) is 47.4 Å². The molecule has 2 aliphatic rings. The molecular formula is C17H27N3OS. The number of aromatic nitrogens is 1. The van der Waals surface area contributed by atoms with Crippen LogP contribution in [0.4, 0.5) is 0 Å². The summed E-state index contributed by atoms with van der Waals surface area (Å²) in [7, 11) is 4.16. The molecular weight excluding hydrogens is 294 g/mol. The highest BCUT2D eigenvalue weighted by Crippen LogP contribution is 2.40. The Hall–Kier alpha value is -0.940. The number of amides is 1. The number of nitrogens with zero attached hydrogens (tertiary/aromatic N) is 3. The van der Waals surface area contributed by atoms with Crippen LogP contribution < -0.4 is 0 Å². The van der Waals surface area contributed by atoms with Crippen molar-refractivity contribution < 1.29 is 4.79 Å². The quantitative estimate of drug-likeness (QED) is 0.855. The number of hydrogen-bond donors (Lipinski definition) is 0. The van der Waals surface area contributed by atoms with Gasteiger partial charge in [-0.2, -0.15) is 0 Å². The zero-order valence-electron chi connectivity index (χ0n) is 14.1. The second-order valence-corrected chi connectivity index (χ2v) is 8.30. The summed E-state index contributed by atoms with van der Waals surface area (Å²) in [5.74, 6) is 2.12. The Balaban J connectivity index is 1.59. The largest absolute Gasteiger partial charge is 0.345 e. The molecule has 1 saturated carbocycles. The van der Waals surface area contributed by atoms with Crippen LogP contribution >= 0.6 is 11.3 Å². The molecule has 0 N–H and O–H groups in total. The van der Waals surface area contributed by atoms with Crippen LogP contribution in [0.1, 0.15) is 49.7 Å². The number of thiazole rings is 1. The van der Waals surface area contributed by atoms with E-state index in [1.54, 1.807) is 11.3 Å². The fourth-order valence-corrected chi connectivity index (χ4v) is 4.87. The number of hydrogen-bond acceptors (Lipinski definition) is 4. The van der Waals surface area contributed by atoms with Gasteiger partial charge in [-0.15, -0.1) is 11.3 Å². The first-order valence-corrected chi connectivity index (χ1v) is 9.20. The summed E-state index contributed by atoms with van der Waals surface area (Å²) < 4.78 is 0. The minimum Gasteiger partial charge on any atom is -0.345 e. The van der Waals surface area contributed by atoms with E-state index in [0.717, 1.165) is 19.5 Å². The fraction of sp³-hybridized carbons (Fsp3) is 0.765. The van der Waals surface area contributed by atoms with Gasteiger partial charge in [0, 0.05) is 31.4 Å². The van der Waals surface area contributed by atoms with E-state index in [1.807, 2.05) is 11.9 Å². The third-order valence-electron chi connectivity index (χ3n) is 5.36. The number of carbonyl (C=O) groups excluding carboxylic acids is 1. The molecule has 3 rings (SSSR count). The SMILES string of the molecule is CC(C)c1csc(CN(C)[C@H]2C[C@H]3CC(=O)N(C)C[C@H]3C2)n1. The second kappa shape index (κ2) is 6.28. The maximum Gasteiger partial charge on any atom is 0.222 e. The van der Waals surface area contributed by atoms with Gasteiger partial charge in [0.15, 0.2) is 0 Å². The predicted octanol–water partition coefficient (Wildman–Crippen LogP) is 2.96. The first kappa shape index (κ1) is 15.9. The molecule has 4 nitrogen and oxygen atoms in total. The van der Waals surface area contributed by atoms with E-state index in [9.17, 15) is 4.79 Å². The van der Waals surface area contributed by atoms with Crippen molar-refractivity contribution in [3.63, 3.8) is 0 Å². The Morgan fingerprint density at radius 3 is 2.82 bits per heavy atom. The molecule has 1 aromatic heterocycles. The van der Waals surface area contributed by atoms with Crippen LogP contribution in [0, 0.1) is 11.8 Å². The van der Waals surface area contributed by atoms with Crippen LogP contribution in [0.2, 0.25) is 0 Å². The number of piperidine rings is 1. The number of carbonyl (C=O) groups is 1. The van der Waals surface area contributed by atoms with Gasteiger partial charge < -0.3 is 4.90 Å². The van der Waals surface area contributed by atoms with Gasteiger partial charge in [0.1, 0.15) is 5.01 Å². The Labute approximate surface area is 137 Å². The lowest BCUT2D eigenvalue weighted by molar-refractivity contribution is -0.134. The van der Waals surface area contributed by atoms with Gasteiger partial charge in [0.05, 0.1) is 12.2 Å². The Bertz CT molecular complexity index is 542. The van der Waals surface area contributed by atoms with Gasteiger partial charge in [-0.25, -0.2) is 4.98 Å². The average Bonchev–Trinajstić information content (AvgIpc) is 3.06. The van der Waals surface area contributed by atoms with Crippen molar-refractivity contribution in [3.8, 4) is 0 Å². The van der Waals surface area contributed by atoms with Crippen molar-refractivity contribution in [2.75, 3.05) is 20.6 Å². The molecule has 1 amide bonds. The summed E-state index contributed by atoms with van der Waals surface area (Å²) >= 11 is 1.78. The van der Waals surface area contributed by atoms with E-state index in [1.165, 1.54) is 23.5 Å². The standard InChI is InChI=1S/C17H27N3OS/c1-11(2)15-10-22-16(18-15)9-19(3)14-5-12-7-17(21)20(4)8-13(12)6-14/h10-14H,5-9H2,1-4H3/t12-,13+,14-/m0/s1. The molecule has 122 valence electrons. The topological polar surface area (TPSA) is 36.4 Å². The van der Waals surface area contributed by atoms with Crippen molar-refractivity contribution in [2.24, 2.45) is 11.8 Å². The number of rotatable bonds is 4. The Morgan fingerprint density at radius 2 is 2.14 bits per heavy atom. The number of fused-ring (bicyclic) bond motifs is 1. The predicted molar refractivity (Wildman–Crippen MR) is 89.9 cm³/mol. The molecule has 1 aliphatic heterocycles. The summed E-state index contributed by atoms with van der Waals surface area (Å²) in [6.07, 6.45) is 3.14. The lowest BCUT2D eigenvalue weighted by Gasteiger charge is -2.31. The van der Waals surface area contributed by atoms with Crippen LogP contribution in [0.5, 0.6) is 0 Å². The van der Waals surface area contributed by atoms with Crippen molar-refractivity contribution in [3.05, 3.63) is 16.1 Å². The molecule has 0 radical (unpaired) electrons. The van der Waals surface area contributed by atoms with Crippen LogP contribution in [0.3, 0.4) is 0 Å². The molecule has 0 unspecified atom stereocenters. The summed E-state index contributed by atoms with van der Waals surface area (Å²) in [4.78, 5) is 21.0. The van der Waals surface area contributed by atoms with Gasteiger partial charge in [0.25, 0.3) is 0 Å². The molecule has 5 heteroatoms. The minimum absolute atomic E-state index is 0.325. The van der Waals surface area contributed by atoms with Crippen LogP contribution in [0.25, 0.3) is 0 Å². The summed E-state index contributed by atoms with van der Waals surface area (Å²) in [5.41, 5.74) is 1.21. The molecule has 1 aliphatic carbocycles. The molecule has 0 bridgehead atoms. The van der Waals surface area contributed by atoms with E-state index < -0.39 is 0 Å². The Kier molecular flexibility index (Phi) is 4.55. The first-order chi connectivity index (χ1) is 10.4. The van der Waals surface area contributed by atoms with E-state index in [0.29, 0.717) is 29.7 Å². The third kappa shape index (κ3) is 3.20. The summed E-state index contributed by atoms with van der Waals surface area (Å²) in [6, 6.07) is 0.598. The van der Waals surface area contributed by atoms with E-state index in [-0.39, 0.29) is 0 Å². The molecule has 0 spiro atoms. The molecule has 0 aromatic carbocycles. The zero-order valence-corrected chi connectivity index (χ0v) is 14.9. The molecule has 2 fully saturated rings. The van der Waals surface area contributed by atoms with E-state index >= 15 is 0 Å². The minimum atomic E-state index is 0.325. The van der Waals surface area contributed by atoms with Gasteiger partial charge in [-0.3, -0.25) is 9.69 Å². The van der Waals surface area contributed by atoms with Crippen molar-refractivity contribution in [1.82, 2.24) is 14.8 Å². The number of likely N-dealkylation sites (tertiary alicyclic amines) is 1. The smallest absolute Gasteiger partial charge is 0.222 e. The Morgan fingerprint density at radius 1 is 1.41 bits per heavy atom. The average molecular weight is 321 g/mol. The zero-order chi connectivity index (χ0) is 15.9. The molecule has 3 atom stereocenters. The maximum atomic E-state index is 11.9. The van der Waals surface area contributed by atoms with Crippen molar-refractivity contribution >= 4 is 17.2 Å². The normalized spacial score (nSPS) is 28.7.